The van der Waals surface area contributed by atoms with Crippen LogP contribution in [0.4, 0.5) is 27.1 Å². The molecule has 1 aliphatic heterocycles. The Labute approximate surface area is 209 Å². The number of para-hydroxylation sites is 4. The molecule has 8 nitrogen and oxygen atoms in total. The molecular formula is C27H30FN3O5. The summed E-state index contributed by atoms with van der Waals surface area (Å²) in [5, 5.41) is 11.4. The van der Waals surface area contributed by atoms with Crippen molar-refractivity contribution in [2.45, 2.75) is 51.6 Å². The third-order valence-corrected chi connectivity index (χ3v) is 6.68. The van der Waals surface area contributed by atoms with E-state index in [9.17, 15) is 23.6 Å². The van der Waals surface area contributed by atoms with Crippen molar-refractivity contribution in [3.05, 3.63) is 48.5 Å². The number of carboxylic acids is 1. The van der Waals surface area contributed by atoms with E-state index in [2.05, 4.69) is 10.2 Å². The Morgan fingerprint density at radius 2 is 1.47 bits per heavy atom. The molecule has 2 unspecified atom stereocenters. The molecule has 1 heterocycles. The number of amides is 2. The van der Waals surface area contributed by atoms with E-state index in [0.717, 1.165) is 35.6 Å². The molecule has 2 aromatic rings. The highest BCUT2D eigenvalue weighted by Gasteiger charge is 2.40. The number of anilines is 4. The lowest BCUT2D eigenvalue weighted by atomic mass is 9.90. The van der Waals surface area contributed by atoms with Gasteiger partial charge in [-0.3, -0.25) is 24.1 Å². The average Bonchev–Trinajstić information content (AvgIpc) is 3.69. The van der Waals surface area contributed by atoms with Gasteiger partial charge >= 0.3 is 5.97 Å². The second-order valence-corrected chi connectivity index (χ2v) is 9.62. The maximum absolute atomic E-state index is 13.8. The number of carbonyl (C=O) groups excluding carboxylic acids is 3. The molecule has 4 rings (SSSR count). The summed E-state index contributed by atoms with van der Waals surface area (Å²) in [6.45, 7) is 2.16. The lowest BCUT2D eigenvalue weighted by molar-refractivity contribution is -0.141. The van der Waals surface area contributed by atoms with Gasteiger partial charge in [0.2, 0.25) is 11.8 Å². The first-order valence-corrected chi connectivity index (χ1v) is 12.1. The third-order valence-electron chi connectivity index (χ3n) is 6.68. The Morgan fingerprint density at radius 3 is 1.92 bits per heavy atom. The van der Waals surface area contributed by atoms with E-state index in [4.69, 9.17) is 5.11 Å². The van der Waals surface area contributed by atoms with Crippen LogP contribution < -0.4 is 15.1 Å². The van der Waals surface area contributed by atoms with Gasteiger partial charge in [0.25, 0.3) is 0 Å². The predicted octanol–water partition coefficient (Wildman–Crippen LogP) is 4.13. The van der Waals surface area contributed by atoms with Gasteiger partial charge in [-0.2, -0.15) is 0 Å². The fourth-order valence-corrected chi connectivity index (χ4v) is 4.67. The number of nitrogens with zero attached hydrogens (tertiary/aromatic N) is 2. The summed E-state index contributed by atoms with van der Waals surface area (Å²) in [6, 6.07) is 14.2. The molecule has 0 bridgehead atoms. The Hall–Kier alpha value is -3.75. The topological polar surface area (TPSA) is 107 Å². The summed E-state index contributed by atoms with van der Waals surface area (Å²) in [5.41, 5.74) is 3.31. The molecule has 9 heteroatoms. The second-order valence-electron chi connectivity index (χ2n) is 9.62. The first-order chi connectivity index (χ1) is 17.2. The fourth-order valence-electron chi connectivity index (χ4n) is 4.67. The first kappa shape index (κ1) is 25.3. The normalized spacial score (nSPS) is 16.1. The fraction of sp³-hybridized carbons (Fsp3) is 0.407. The molecule has 36 heavy (non-hydrogen) atoms. The highest BCUT2D eigenvalue weighted by Crippen LogP contribution is 2.52. The molecule has 2 N–H and O–H groups in total. The molecule has 190 valence electrons. The standard InChI is InChI=1S/C27H30FN3O5/c1-16(2)18(27(36)29-19(14-26(34)35)24(32)15-28)13-25(33)31-22-9-5-3-7-20(22)30(17-11-12-17)21-8-4-6-10-23(21)31/h3-10,16-19H,11-15H2,1-2H3,(H,29,36)(H,34,35). The van der Waals surface area contributed by atoms with Crippen molar-refractivity contribution < 1.29 is 28.7 Å². The molecule has 2 atom stereocenters. The molecule has 2 amide bonds. The Balaban J connectivity index is 1.62. The summed E-state index contributed by atoms with van der Waals surface area (Å²) in [7, 11) is 0. The van der Waals surface area contributed by atoms with Crippen LogP contribution >= 0.6 is 0 Å². The molecule has 1 saturated carbocycles. The highest BCUT2D eigenvalue weighted by molar-refractivity contribution is 6.10. The summed E-state index contributed by atoms with van der Waals surface area (Å²) >= 11 is 0. The van der Waals surface area contributed by atoms with Crippen molar-refractivity contribution >= 4 is 46.3 Å². The average molecular weight is 496 g/mol. The van der Waals surface area contributed by atoms with E-state index >= 15 is 0 Å². The lowest BCUT2D eigenvalue weighted by Crippen LogP contribution is -2.47. The summed E-state index contributed by atoms with van der Waals surface area (Å²) in [4.78, 5) is 53.8. The van der Waals surface area contributed by atoms with E-state index in [1.54, 1.807) is 18.7 Å². The van der Waals surface area contributed by atoms with Crippen molar-refractivity contribution in [3.8, 4) is 0 Å². The monoisotopic (exact) mass is 495 g/mol. The van der Waals surface area contributed by atoms with Crippen LogP contribution in [0.15, 0.2) is 48.5 Å². The molecule has 0 aromatic heterocycles. The number of hydrogen-bond donors (Lipinski definition) is 2. The van der Waals surface area contributed by atoms with Gasteiger partial charge in [-0.25, -0.2) is 4.39 Å². The van der Waals surface area contributed by atoms with Crippen LogP contribution in [0.25, 0.3) is 0 Å². The molecule has 0 radical (unpaired) electrons. The SMILES string of the molecule is CC(C)C(CC(=O)N1c2ccccc2N(C2CC2)c2ccccc21)C(=O)NC(CC(=O)O)C(=O)CF. The number of alkyl halides is 1. The third kappa shape index (κ3) is 5.10. The molecule has 0 saturated heterocycles. The Kier molecular flexibility index (Phi) is 7.37. The van der Waals surface area contributed by atoms with Crippen LogP contribution in [-0.2, 0) is 19.2 Å². The number of nitrogens with one attached hydrogen (secondary N) is 1. The number of carboxylic acid groups (broad SMARTS) is 1. The molecule has 1 fully saturated rings. The van der Waals surface area contributed by atoms with Crippen LogP contribution in [0.1, 0.15) is 39.5 Å². The minimum atomic E-state index is -1.49. The summed E-state index contributed by atoms with van der Waals surface area (Å²) in [5.74, 6) is -4.44. The van der Waals surface area contributed by atoms with Gasteiger partial charge in [0.1, 0.15) is 12.7 Å². The molecule has 2 aromatic carbocycles. The maximum atomic E-state index is 13.8. The van der Waals surface area contributed by atoms with Crippen molar-refractivity contribution in [1.82, 2.24) is 5.32 Å². The van der Waals surface area contributed by atoms with Gasteiger partial charge in [0.05, 0.1) is 29.2 Å². The van der Waals surface area contributed by atoms with E-state index in [1.807, 2.05) is 48.5 Å². The van der Waals surface area contributed by atoms with Gasteiger partial charge in [-0.15, -0.1) is 0 Å². The largest absolute Gasteiger partial charge is 0.481 e. The number of aliphatic carboxylic acids is 1. The Morgan fingerprint density at radius 1 is 0.944 bits per heavy atom. The van der Waals surface area contributed by atoms with Crippen LogP contribution in [0, 0.1) is 11.8 Å². The molecular weight excluding hydrogens is 465 g/mol. The van der Waals surface area contributed by atoms with Crippen LogP contribution in [0.2, 0.25) is 0 Å². The predicted molar refractivity (Wildman–Crippen MR) is 133 cm³/mol. The van der Waals surface area contributed by atoms with Gasteiger partial charge in [0, 0.05) is 18.4 Å². The van der Waals surface area contributed by atoms with Gasteiger partial charge in [0.15, 0.2) is 5.78 Å². The number of benzene rings is 2. The van der Waals surface area contributed by atoms with Crippen molar-refractivity contribution in [1.29, 1.82) is 0 Å². The zero-order valence-electron chi connectivity index (χ0n) is 20.3. The van der Waals surface area contributed by atoms with Crippen LogP contribution in [0.3, 0.4) is 0 Å². The minimum Gasteiger partial charge on any atom is -0.481 e. The number of rotatable bonds is 10. The smallest absolute Gasteiger partial charge is 0.305 e. The van der Waals surface area contributed by atoms with Crippen molar-refractivity contribution in [3.63, 3.8) is 0 Å². The number of hydrogen-bond acceptors (Lipinski definition) is 5. The van der Waals surface area contributed by atoms with E-state index < -0.39 is 42.7 Å². The van der Waals surface area contributed by atoms with Gasteiger partial charge < -0.3 is 15.3 Å². The van der Waals surface area contributed by atoms with E-state index in [1.165, 1.54) is 0 Å². The number of halogens is 1. The van der Waals surface area contributed by atoms with Gasteiger partial charge in [-0.1, -0.05) is 38.1 Å². The van der Waals surface area contributed by atoms with E-state index in [0.29, 0.717) is 6.04 Å². The van der Waals surface area contributed by atoms with Crippen molar-refractivity contribution in [2.75, 3.05) is 16.5 Å². The van der Waals surface area contributed by atoms with Gasteiger partial charge in [-0.05, 0) is 43.0 Å². The number of fused-ring (bicyclic) bond motifs is 2. The van der Waals surface area contributed by atoms with Crippen molar-refractivity contribution in [2.24, 2.45) is 11.8 Å². The van der Waals surface area contributed by atoms with Crippen LogP contribution in [0.5, 0.6) is 0 Å². The quantitative estimate of drug-likeness (QED) is 0.513. The van der Waals surface area contributed by atoms with Crippen LogP contribution in [-0.4, -0.2) is 47.4 Å². The van der Waals surface area contributed by atoms with E-state index in [-0.39, 0.29) is 18.2 Å². The number of carbonyl (C=O) groups is 4. The maximum Gasteiger partial charge on any atom is 0.305 e. The number of ketones is 1. The zero-order valence-corrected chi connectivity index (χ0v) is 20.3. The highest BCUT2D eigenvalue weighted by atomic mass is 19.1. The summed E-state index contributed by atoms with van der Waals surface area (Å²) < 4.78 is 13.0. The molecule has 2 aliphatic rings. The molecule has 1 aliphatic carbocycles. The minimum absolute atomic E-state index is 0.167. The molecule has 0 spiro atoms. The Bertz CT molecular complexity index is 1130. The first-order valence-electron chi connectivity index (χ1n) is 12.1. The summed E-state index contributed by atoms with van der Waals surface area (Å²) in [6.07, 6.45) is 1.25. The second kappa shape index (κ2) is 10.5. The lowest BCUT2D eigenvalue weighted by Gasteiger charge is -2.40. The number of Topliss-reactive ketones (excluding diaryl/α,β-unsaturated/α-hetero) is 1. The zero-order chi connectivity index (χ0) is 26.0.